The standard InChI is InChI=1S/C27H41NO6/c1-3-33-27-23(14-16-31-18-19-32-17-15-29)24(21-10-6-4-7-11-21)20-25(34-27)26(30)28(2)22-12-8-5-9-13-22/h4,6-7,10-11,20,22-24,27,29H,3,5,8-9,12-19H2,1-2H3/t23-,24+,27+/m0/s1. The molecule has 7 heteroatoms. The molecule has 1 N–H and O–H groups in total. The summed E-state index contributed by atoms with van der Waals surface area (Å²) in [5.74, 6) is 0.319. The highest BCUT2D eigenvalue weighted by Crippen LogP contribution is 2.39. The van der Waals surface area contributed by atoms with Crippen LogP contribution in [0.25, 0.3) is 0 Å². The minimum Gasteiger partial charge on any atom is -0.459 e. The topological polar surface area (TPSA) is 77.5 Å². The van der Waals surface area contributed by atoms with Crippen molar-refractivity contribution in [3.63, 3.8) is 0 Å². The molecule has 0 aromatic heterocycles. The molecule has 0 saturated heterocycles. The van der Waals surface area contributed by atoms with Crippen molar-refractivity contribution in [2.24, 2.45) is 5.92 Å². The van der Waals surface area contributed by atoms with Crippen molar-refractivity contribution in [2.75, 3.05) is 46.7 Å². The summed E-state index contributed by atoms with van der Waals surface area (Å²) in [5.41, 5.74) is 1.14. The number of hydrogen-bond acceptors (Lipinski definition) is 6. The molecule has 1 saturated carbocycles. The Morgan fingerprint density at radius 2 is 1.76 bits per heavy atom. The fourth-order valence-electron chi connectivity index (χ4n) is 4.90. The van der Waals surface area contributed by atoms with Gasteiger partial charge in [0.05, 0.1) is 26.4 Å². The number of carbonyl (C=O) groups is 1. The van der Waals surface area contributed by atoms with Crippen LogP contribution in [0.5, 0.6) is 0 Å². The van der Waals surface area contributed by atoms with Gasteiger partial charge in [-0.15, -0.1) is 0 Å². The fraction of sp³-hybridized carbons (Fsp3) is 0.667. The van der Waals surface area contributed by atoms with Crippen molar-refractivity contribution in [1.29, 1.82) is 0 Å². The van der Waals surface area contributed by atoms with Crippen molar-refractivity contribution < 1.29 is 28.8 Å². The molecule has 3 atom stereocenters. The Labute approximate surface area is 204 Å². The number of aliphatic hydroxyl groups is 1. The van der Waals surface area contributed by atoms with Gasteiger partial charge in [-0.2, -0.15) is 0 Å². The molecule has 1 aromatic rings. The van der Waals surface area contributed by atoms with E-state index in [2.05, 4.69) is 12.1 Å². The van der Waals surface area contributed by atoms with Gasteiger partial charge in [0.2, 0.25) is 6.29 Å². The number of benzene rings is 1. The number of likely N-dealkylation sites (N-methyl/N-ethyl adjacent to an activating group) is 1. The number of ether oxygens (including phenoxy) is 4. The van der Waals surface area contributed by atoms with Gasteiger partial charge in [-0.05, 0) is 37.8 Å². The van der Waals surface area contributed by atoms with Gasteiger partial charge in [0.15, 0.2) is 5.76 Å². The van der Waals surface area contributed by atoms with Crippen molar-refractivity contribution in [3.8, 4) is 0 Å². The lowest BCUT2D eigenvalue weighted by molar-refractivity contribution is -0.172. The van der Waals surface area contributed by atoms with Gasteiger partial charge in [0.1, 0.15) is 0 Å². The monoisotopic (exact) mass is 475 g/mol. The van der Waals surface area contributed by atoms with E-state index >= 15 is 0 Å². The van der Waals surface area contributed by atoms with Crippen molar-refractivity contribution >= 4 is 5.91 Å². The van der Waals surface area contributed by atoms with Gasteiger partial charge in [-0.1, -0.05) is 49.6 Å². The molecule has 34 heavy (non-hydrogen) atoms. The fourth-order valence-corrected chi connectivity index (χ4v) is 4.90. The summed E-state index contributed by atoms with van der Waals surface area (Å²) in [6.45, 7) is 4.22. The minimum atomic E-state index is -0.520. The molecule has 0 unspecified atom stereocenters. The van der Waals surface area contributed by atoms with E-state index in [1.54, 1.807) is 0 Å². The average Bonchev–Trinajstić information content (AvgIpc) is 2.89. The summed E-state index contributed by atoms with van der Waals surface area (Å²) in [6.07, 6.45) is 7.88. The van der Waals surface area contributed by atoms with Crippen LogP contribution < -0.4 is 0 Å². The number of allylic oxidation sites excluding steroid dienone is 1. The lowest BCUT2D eigenvalue weighted by Gasteiger charge is -2.39. The Balaban J connectivity index is 1.74. The predicted octanol–water partition coefficient (Wildman–Crippen LogP) is 3.87. The largest absolute Gasteiger partial charge is 0.459 e. The molecule has 0 bridgehead atoms. The smallest absolute Gasteiger partial charge is 0.288 e. The van der Waals surface area contributed by atoms with E-state index in [1.807, 2.05) is 43.1 Å². The number of nitrogens with zero attached hydrogens (tertiary/aromatic N) is 1. The third-order valence-corrected chi connectivity index (χ3v) is 6.76. The number of hydrogen-bond donors (Lipinski definition) is 1. The molecule has 190 valence electrons. The van der Waals surface area contributed by atoms with Crippen LogP contribution in [0.2, 0.25) is 0 Å². The van der Waals surface area contributed by atoms with E-state index in [0.29, 0.717) is 38.8 Å². The highest BCUT2D eigenvalue weighted by atomic mass is 16.7. The summed E-state index contributed by atoms with van der Waals surface area (Å²) in [5, 5.41) is 8.80. The maximum absolute atomic E-state index is 13.4. The third kappa shape index (κ3) is 7.54. The Hall–Kier alpha value is -1.93. The third-order valence-electron chi connectivity index (χ3n) is 6.76. The van der Waals surface area contributed by atoms with Gasteiger partial charge < -0.3 is 29.0 Å². The molecule has 3 rings (SSSR count). The van der Waals surface area contributed by atoms with E-state index in [9.17, 15) is 4.79 Å². The van der Waals surface area contributed by atoms with Crippen molar-refractivity contribution in [1.82, 2.24) is 4.90 Å². The summed E-state index contributed by atoms with van der Waals surface area (Å²) in [7, 11) is 1.90. The van der Waals surface area contributed by atoms with Crippen LogP contribution in [0, 0.1) is 5.92 Å². The first-order valence-electron chi connectivity index (χ1n) is 12.7. The van der Waals surface area contributed by atoms with Crippen LogP contribution in [-0.2, 0) is 23.7 Å². The van der Waals surface area contributed by atoms with E-state index < -0.39 is 6.29 Å². The molecule has 1 aliphatic carbocycles. The van der Waals surface area contributed by atoms with Gasteiger partial charge >= 0.3 is 0 Å². The maximum Gasteiger partial charge on any atom is 0.288 e. The highest BCUT2D eigenvalue weighted by Gasteiger charge is 2.39. The first kappa shape index (κ1) is 26.7. The molecule has 1 amide bonds. The molecule has 0 spiro atoms. The Morgan fingerprint density at radius 3 is 2.44 bits per heavy atom. The molecule has 2 aliphatic rings. The van der Waals surface area contributed by atoms with Gasteiger partial charge in [-0.25, -0.2) is 0 Å². The van der Waals surface area contributed by atoms with E-state index in [1.165, 1.54) is 19.3 Å². The summed E-state index contributed by atoms with van der Waals surface area (Å²) in [4.78, 5) is 15.3. The highest BCUT2D eigenvalue weighted by molar-refractivity contribution is 5.91. The van der Waals surface area contributed by atoms with E-state index in [4.69, 9.17) is 24.1 Å². The predicted molar refractivity (Wildman–Crippen MR) is 130 cm³/mol. The zero-order chi connectivity index (χ0) is 24.2. The SMILES string of the molecule is CCO[C@@H]1OC(C(=O)N(C)C2CCCCC2)=C[C@H](c2ccccc2)[C@@H]1CCOCCOCCO. The second-order valence-corrected chi connectivity index (χ2v) is 9.02. The van der Waals surface area contributed by atoms with Crippen LogP contribution in [-0.4, -0.2) is 74.9 Å². The van der Waals surface area contributed by atoms with Crippen LogP contribution in [0.15, 0.2) is 42.2 Å². The normalized spacial score (nSPS) is 23.3. The summed E-state index contributed by atoms with van der Waals surface area (Å²) in [6, 6.07) is 10.5. The zero-order valence-electron chi connectivity index (χ0n) is 20.7. The van der Waals surface area contributed by atoms with Crippen molar-refractivity contribution in [3.05, 3.63) is 47.7 Å². The molecule has 1 aliphatic heterocycles. The van der Waals surface area contributed by atoms with Crippen LogP contribution >= 0.6 is 0 Å². The van der Waals surface area contributed by atoms with E-state index in [0.717, 1.165) is 24.8 Å². The molecular weight excluding hydrogens is 434 g/mol. The second kappa shape index (κ2) is 14.5. The van der Waals surface area contributed by atoms with Crippen molar-refractivity contribution in [2.45, 2.75) is 63.7 Å². The molecule has 1 fully saturated rings. The van der Waals surface area contributed by atoms with Crippen LogP contribution in [0.1, 0.15) is 56.9 Å². The van der Waals surface area contributed by atoms with Gasteiger partial charge in [-0.3, -0.25) is 4.79 Å². The number of rotatable bonds is 13. The summed E-state index contributed by atoms with van der Waals surface area (Å²) < 4.78 is 23.3. The minimum absolute atomic E-state index is 0.0113. The first-order chi connectivity index (χ1) is 16.7. The first-order valence-corrected chi connectivity index (χ1v) is 12.7. The lowest BCUT2D eigenvalue weighted by Crippen LogP contribution is -2.43. The Morgan fingerprint density at radius 1 is 1.06 bits per heavy atom. The van der Waals surface area contributed by atoms with Gasteiger partial charge in [0, 0.05) is 38.1 Å². The molecule has 1 heterocycles. The Kier molecular flexibility index (Phi) is 11.3. The lowest BCUT2D eigenvalue weighted by atomic mass is 9.81. The number of carbonyl (C=O) groups excluding carboxylic acids is 1. The maximum atomic E-state index is 13.4. The molecular formula is C27H41NO6. The zero-order valence-corrected chi connectivity index (χ0v) is 20.7. The summed E-state index contributed by atoms with van der Waals surface area (Å²) >= 11 is 0. The molecule has 0 radical (unpaired) electrons. The number of amides is 1. The van der Waals surface area contributed by atoms with Crippen LogP contribution in [0.3, 0.4) is 0 Å². The number of aliphatic hydroxyl groups excluding tert-OH is 1. The van der Waals surface area contributed by atoms with E-state index in [-0.39, 0.29) is 30.4 Å². The van der Waals surface area contributed by atoms with Gasteiger partial charge in [0.25, 0.3) is 5.91 Å². The average molecular weight is 476 g/mol. The second-order valence-electron chi connectivity index (χ2n) is 9.02. The molecule has 7 nitrogen and oxygen atoms in total. The van der Waals surface area contributed by atoms with Crippen LogP contribution in [0.4, 0.5) is 0 Å². The molecule has 1 aromatic carbocycles. The Bertz CT molecular complexity index is 749. The quantitative estimate of drug-likeness (QED) is 0.437.